The van der Waals surface area contributed by atoms with Gasteiger partial charge >= 0.3 is 0 Å². The molecule has 0 radical (unpaired) electrons. The topological polar surface area (TPSA) is 63.7 Å². The number of nitrogens with zero attached hydrogens (tertiary/aromatic N) is 2. The highest BCUT2D eigenvalue weighted by Crippen LogP contribution is 2.21. The summed E-state index contributed by atoms with van der Waals surface area (Å²) in [5, 5.41) is 2.90. The monoisotopic (exact) mass is 341 g/mol. The highest BCUT2D eigenvalue weighted by Gasteiger charge is 2.17. The van der Waals surface area contributed by atoms with Gasteiger partial charge in [0.1, 0.15) is 18.2 Å². The van der Waals surface area contributed by atoms with Crippen LogP contribution in [0.25, 0.3) is 0 Å². The minimum Gasteiger partial charge on any atom is -0.491 e. The standard InChI is InChI=1S/C19H23N3O3/c1-22(2)18-17(9-4-10-20-18)19(23)21-14-6-3-7-15(12-14)25-13-16-8-5-11-24-16/h3-4,6-7,9-10,12,16H,5,8,11,13H2,1-2H3,(H,21,23). The number of carbonyl (C=O) groups is 1. The number of rotatable bonds is 6. The third kappa shape index (κ3) is 4.48. The Morgan fingerprint density at radius 1 is 1.36 bits per heavy atom. The molecule has 0 aliphatic carbocycles. The zero-order chi connectivity index (χ0) is 17.6. The van der Waals surface area contributed by atoms with Gasteiger partial charge in [-0.2, -0.15) is 0 Å². The second kappa shape index (κ2) is 7.98. The molecule has 6 nitrogen and oxygen atoms in total. The van der Waals surface area contributed by atoms with Gasteiger partial charge < -0.3 is 19.7 Å². The van der Waals surface area contributed by atoms with E-state index in [4.69, 9.17) is 9.47 Å². The van der Waals surface area contributed by atoms with Crippen molar-refractivity contribution < 1.29 is 14.3 Å². The van der Waals surface area contributed by atoms with E-state index < -0.39 is 0 Å². The number of aromatic nitrogens is 1. The van der Waals surface area contributed by atoms with Crippen molar-refractivity contribution in [3.05, 3.63) is 48.2 Å². The molecule has 1 unspecified atom stereocenters. The molecule has 1 fully saturated rings. The van der Waals surface area contributed by atoms with E-state index >= 15 is 0 Å². The van der Waals surface area contributed by atoms with Crippen molar-refractivity contribution in [2.75, 3.05) is 37.5 Å². The molecule has 1 saturated heterocycles. The van der Waals surface area contributed by atoms with Crippen molar-refractivity contribution in [1.29, 1.82) is 0 Å². The van der Waals surface area contributed by atoms with Crippen molar-refractivity contribution in [3.8, 4) is 5.75 Å². The van der Waals surface area contributed by atoms with Gasteiger partial charge in [0.05, 0.1) is 11.7 Å². The van der Waals surface area contributed by atoms with E-state index in [2.05, 4.69) is 10.3 Å². The van der Waals surface area contributed by atoms with Crippen LogP contribution in [0.15, 0.2) is 42.6 Å². The predicted molar refractivity (Wildman–Crippen MR) is 97.4 cm³/mol. The first-order valence-electron chi connectivity index (χ1n) is 8.41. The van der Waals surface area contributed by atoms with Crippen LogP contribution < -0.4 is 15.0 Å². The summed E-state index contributed by atoms with van der Waals surface area (Å²) in [7, 11) is 3.72. The quantitative estimate of drug-likeness (QED) is 0.875. The van der Waals surface area contributed by atoms with Crippen LogP contribution in [0.5, 0.6) is 5.75 Å². The third-order valence-electron chi connectivity index (χ3n) is 4.01. The van der Waals surface area contributed by atoms with Gasteiger partial charge in [0.25, 0.3) is 5.91 Å². The summed E-state index contributed by atoms with van der Waals surface area (Å²) in [6.45, 7) is 1.34. The summed E-state index contributed by atoms with van der Waals surface area (Å²) in [5.41, 5.74) is 1.21. The van der Waals surface area contributed by atoms with Crippen molar-refractivity contribution in [2.45, 2.75) is 18.9 Å². The number of anilines is 2. The fourth-order valence-electron chi connectivity index (χ4n) is 2.76. The Bertz CT molecular complexity index is 727. The summed E-state index contributed by atoms with van der Waals surface area (Å²) in [4.78, 5) is 18.7. The molecule has 1 aliphatic rings. The van der Waals surface area contributed by atoms with Crippen LogP contribution in [0.2, 0.25) is 0 Å². The van der Waals surface area contributed by atoms with Gasteiger partial charge in [0.15, 0.2) is 0 Å². The van der Waals surface area contributed by atoms with Crippen molar-refractivity contribution in [3.63, 3.8) is 0 Å². The molecule has 2 aromatic rings. The number of hydrogen-bond donors (Lipinski definition) is 1. The zero-order valence-corrected chi connectivity index (χ0v) is 14.6. The van der Waals surface area contributed by atoms with Crippen LogP contribution in [0.1, 0.15) is 23.2 Å². The maximum Gasteiger partial charge on any atom is 0.259 e. The maximum atomic E-state index is 12.6. The number of benzene rings is 1. The molecule has 1 aromatic carbocycles. The Morgan fingerprint density at radius 2 is 2.24 bits per heavy atom. The first-order chi connectivity index (χ1) is 12.1. The lowest BCUT2D eigenvalue weighted by Crippen LogP contribution is -2.19. The average molecular weight is 341 g/mol. The Labute approximate surface area is 147 Å². The van der Waals surface area contributed by atoms with Crippen LogP contribution in [0.4, 0.5) is 11.5 Å². The fraction of sp³-hybridized carbons (Fsp3) is 0.368. The lowest BCUT2D eigenvalue weighted by molar-refractivity contribution is 0.0680. The number of nitrogens with one attached hydrogen (secondary N) is 1. The van der Waals surface area contributed by atoms with Crippen LogP contribution in [-0.4, -0.2) is 44.3 Å². The molecule has 6 heteroatoms. The Kier molecular flexibility index (Phi) is 5.50. The van der Waals surface area contributed by atoms with Crippen molar-refractivity contribution in [2.24, 2.45) is 0 Å². The number of amides is 1. The molecule has 1 aliphatic heterocycles. The summed E-state index contributed by atoms with van der Waals surface area (Å²) >= 11 is 0. The molecular formula is C19H23N3O3. The van der Waals surface area contributed by atoms with Gasteiger partial charge in [-0.25, -0.2) is 4.98 Å². The average Bonchev–Trinajstić information content (AvgIpc) is 3.14. The van der Waals surface area contributed by atoms with E-state index in [0.717, 1.165) is 19.4 Å². The van der Waals surface area contributed by atoms with Gasteiger partial charge in [-0.1, -0.05) is 6.07 Å². The van der Waals surface area contributed by atoms with E-state index in [-0.39, 0.29) is 12.0 Å². The molecule has 1 atom stereocenters. The highest BCUT2D eigenvalue weighted by molar-refractivity contribution is 6.07. The minimum absolute atomic E-state index is 0.163. The molecule has 25 heavy (non-hydrogen) atoms. The molecule has 1 aromatic heterocycles. The maximum absolute atomic E-state index is 12.6. The number of pyridine rings is 1. The Hall–Kier alpha value is -2.60. The normalized spacial score (nSPS) is 16.5. The smallest absolute Gasteiger partial charge is 0.259 e. The number of carbonyl (C=O) groups excluding carboxylic acids is 1. The van der Waals surface area contributed by atoms with Crippen molar-refractivity contribution >= 4 is 17.4 Å². The summed E-state index contributed by atoms with van der Waals surface area (Å²) in [6.07, 6.45) is 3.95. The molecular weight excluding hydrogens is 318 g/mol. The van der Waals surface area contributed by atoms with Crippen molar-refractivity contribution in [1.82, 2.24) is 4.98 Å². The molecule has 2 heterocycles. The number of hydrogen-bond acceptors (Lipinski definition) is 5. The van der Waals surface area contributed by atoms with Gasteiger partial charge in [-0.15, -0.1) is 0 Å². The van der Waals surface area contributed by atoms with Crippen LogP contribution in [0.3, 0.4) is 0 Å². The molecule has 1 amide bonds. The van der Waals surface area contributed by atoms with E-state index in [1.807, 2.05) is 43.3 Å². The second-order valence-corrected chi connectivity index (χ2v) is 6.20. The predicted octanol–water partition coefficient (Wildman–Crippen LogP) is 2.96. The minimum atomic E-state index is -0.201. The molecule has 0 saturated carbocycles. The summed E-state index contributed by atoms with van der Waals surface area (Å²) < 4.78 is 11.3. The van der Waals surface area contributed by atoms with Gasteiger partial charge in [0.2, 0.25) is 0 Å². The van der Waals surface area contributed by atoms with E-state index in [0.29, 0.717) is 29.4 Å². The SMILES string of the molecule is CN(C)c1ncccc1C(=O)Nc1cccc(OCC2CCCO2)c1. The zero-order valence-electron chi connectivity index (χ0n) is 14.6. The van der Waals surface area contributed by atoms with Gasteiger partial charge in [-0.05, 0) is 37.1 Å². The third-order valence-corrected chi connectivity index (χ3v) is 4.01. The number of ether oxygens (including phenoxy) is 2. The van der Waals surface area contributed by atoms with Crippen LogP contribution >= 0.6 is 0 Å². The lowest BCUT2D eigenvalue weighted by atomic mass is 10.2. The first-order valence-corrected chi connectivity index (χ1v) is 8.41. The van der Waals surface area contributed by atoms with Crippen LogP contribution in [0, 0.1) is 0 Å². The van der Waals surface area contributed by atoms with E-state index in [1.54, 1.807) is 18.3 Å². The molecule has 0 bridgehead atoms. The fourth-order valence-corrected chi connectivity index (χ4v) is 2.76. The highest BCUT2D eigenvalue weighted by atomic mass is 16.5. The first kappa shape index (κ1) is 17.2. The molecule has 1 N–H and O–H groups in total. The summed E-state index contributed by atoms with van der Waals surface area (Å²) in [6, 6.07) is 10.9. The molecule has 3 rings (SSSR count). The van der Waals surface area contributed by atoms with E-state index in [9.17, 15) is 4.79 Å². The molecule has 132 valence electrons. The lowest BCUT2D eigenvalue weighted by Gasteiger charge is -2.16. The van der Waals surface area contributed by atoms with E-state index in [1.165, 1.54) is 0 Å². The Morgan fingerprint density at radius 3 is 3.00 bits per heavy atom. The largest absolute Gasteiger partial charge is 0.491 e. The Balaban J connectivity index is 1.66. The molecule has 0 spiro atoms. The van der Waals surface area contributed by atoms with Crippen LogP contribution in [-0.2, 0) is 4.74 Å². The van der Waals surface area contributed by atoms with Gasteiger partial charge in [0, 0.05) is 38.7 Å². The summed E-state index contributed by atoms with van der Waals surface area (Å²) in [5.74, 6) is 1.14. The second-order valence-electron chi connectivity index (χ2n) is 6.20. The van der Waals surface area contributed by atoms with Gasteiger partial charge in [-0.3, -0.25) is 4.79 Å².